The van der Waals surface area contributed by atoms with Crippen LogP contribution in [0.3, 0.4) is 0 Å². The predicted octanol–water partition coefficient (Wildman–Crippen LogP) is 1.26. The van der Waals surface area contributed by atoms with E-state index >= 15 is 0 Å². The van der Waals surface area contributed by atoms with E-state index in [4.69, 9.17) is 26.4 Å². The molecule has 3 aliphatic rings. The number of nitrogens with zero attached hydrogens (tertiary/aromatic N) is 6. The first kappa shape index (κ1) is 19.3. The molecule has 4 heterocycles. The molecule has 10 heteroatoms. The second-order valence-electron chi connectivity index (χ2n) is 8.63. The van der Waals surface area contributed by atoms with Crippen LogP contribution >= 0.6 is 0 Å². The maximum atomic E-state index is 6.27. The summed E-state index contributed by atoms with van der Waals surface area (Å²) in [6, 6.07) is 8.75. The van der Waals surface area contributed by atoms with Crippen molar-refractivity contribution in [3.05, 3.63) is 36.7 Å². The molecular weight excluding hydrogens is 406 g/mol. The maximum Gasteiger partial charge on any atom is 0.162 e. The molecule has 6 rings (SSSR count). The van der Waals surface area contributed by atoms with Gasteiger partial charge in [-0.05, 0) is 25.0 Å². The fraction of sp³-hybridized carbons (Fsp3) is 0.409. The number of hydrogen-bond donors (Lipinski definition) is 3. The Labute approximate surface area is 185 Å². The second-order valence-corrected chi connectivity index (χ2v) is 8.63. The molecule has 0 radical (unpaired) electrons. The van der Waals surface area contributed by atoms with Crippen LogP contribution in [0.1, 0.15) is 12.8 Å². The van der Waals surface area contributed by atoms with Gasteiger partial charge in [-0.2, -0.15) is 5.10 Å². The fourth-order valence-corrected chi connectivity index (χ4v) is 4.72. The van der Waals surface area contributed by atoms with Gasteiger partial charge in [-0.25, -0.2) is 15.8 Å². The van der Waals surface area contributed by atoms with Crippen LogP contribution in [-0.2, 0) is 4.74 Å². The lowest BCUT2D eigenvalue weighted by molar-refractivity contribution is 0.0939. The summed E-state index contributed by atoms with van der Waals surface area (Å²) in [7, 11) is 0. The van der Waals surface area contributed by atoms with Crippen LogP contribution < -0.4 is 21.5 Å². The van der Waals surface area contributed by atoms with Crippen molar-refractivity contribution in [2.24, 2.45) is 16.8 Å². The largest absolute Gasteiger partial charge is 0.377 e. The molecule has 1 saturated carbocycles. The third-order valence-electron chi connectivity index (χ3n) is 6.58. The molecule has 2 fully saturated rings. The number of anilines is 2. The van der Waals surface area contributed by atoms with E-state index in [1.54, 1.807) is 5.01 Å². The Morgan fingerprint density at radius 1 is 1.31 bits per heavy atom. The van der Waals surface area contributed by atoms with Crippen LogP contribution in [0, 0.1) is 0 Å². The molecule has 1 atom stereocenters. The number of rotatable bonds is 4. The first-order valence-corrected chi connectivity index (χ1v) is 11.1. The number of hydrazone groups is 1. The number of fused-ring (bicyclic) bond motifs is 4. The Bertz CT molecular complexity index is 1170. The number of hydrogen-bond acceptors (Lipinski definition) is 8. The van der Waals surface area contributed by atoms with Crippen LogP contribution in [0.2, 0.25) is 0 Å². The number of nitrogens with one attached hydrogen (secondary N) is 1. The minimum Gasteiger partial charge on any atom is -0.377 e. The Morgan fingerprint density at radius 3 is 3.06 bits per heavy atom. The molecule has 1 aliphatic carbocycles. The normalized spacial score (nSPS) is 20.9. The molecule has 3 aromatic rings. The molecule has 0 amide bonds. The zero-order valence-electron chi connectivity index (χ0n) is 17.8. The number of H-pyrrole nitrogens is 1. The van der Waals surface area contributed by atoms with Gasteiger partial charge in [0.1, 0.15) is 0 Å². The van der Waals surface area contributed by atoms with E-state index < -0.39 is 0 Å². The van der Waals surface area contributed by atoms with E-state index in [0.29, 0.717) is 37.5 Å². The summed E-state index contributed by atoms with van der Waals surface area (Å²) in [6.07, 6.45) is 6.01. The maximum absolute atomic E-state index is 6.27. The summed E-state index contributed by atoms with van der Waals surface area (Å²) in [4.78, 5) is 17.7. The number of morpholine rings is 1. The second kappa shape index (κ2) is 7.64. The predicted molar refractivity (Wildman–Crippen MR) is 124 cm³/mol. The lowest BCUT2D eigenvalue weighted by atomic mass is 10.1. The number of nitrogens with two attached hydrogens (primary N) is 2. The summed E-state index contributed by atoms with van der Waals surface area (Å²) in [5.74, 6) is 14.3. The highest BCUT2D eigenvalue weighted by Gasteiger charge is 2.37. The van der Waals surface area contributed by atoms with E-state index in [9.17, 15) is 0 Å². The highest BCUT2D eigenvalue weighted by atomic mass is 16.5. The number of benzene rings is 1. The van der Waals surface area contributed by atoms with Gasteiger partial charge in [-0.3, -0.25) is 5.01 Å². The number of hydrazine groups is 1. The summed E-state index contributed by atoms with van der Waals surface area (Å²) >= 11 is 0. The number of ether oxygens (including phenoxy) is 1. The van der Waals surface area contributed by atoms with Crippen LogP contribution in [0.4, 0.5) is 11.5 Å². The molecule has 10 nitrogen and oxygen atoms in total. The zero-order chi connectivity index (χ0) is 21.7. The standard InChI is InChI=1S/C22H27N9O/c23-28-20(31(24)14-4-5-14)12-29-11-15-13-32-9-8-30(15)22-19(29)10-26-21(27-22)17-2-1-3-18-16(17)6-7-25-18/h1-3,6-7,10,14-15,25H,4-5,8-9,11-13,23-24H2/b28-20-. The van der Waals surface area contributed by atoms with Crippen molar-refractivity contribution in [2.45, 2.75) is 24.9 Å². The highest BCUT2D eigenvalue weighted by molar-refractivity contribution is 5.94. The lowest BCUT2D eigenvalue weighted by Gasteiger charge is -2.45. The monoisotopic (exact) mass is 433 g/mol. The van der Waals surface area contributed by atoms with E-state index in [-0.39, 0.29) is 6.04 Å². The van der Waals surface area contributed by atoms with E-state index in [2.05, 4.69) is 38.1 Å². The van der Waals surface area contributed by atoms with Gasteiger partial charge in [0.15, 0.2) is 17.5 Å². The van der Waals surface area contributed by atoms with Gasteiger partial charge < -0.3 is 25.4 Å². The van der Waals surface area contributed by atoms with Crippen LogP contribution in [-0.4, -0.2) is 70.7 Å². The SMILES string of the molecule is N/N=C(/CN1CC2COCCN2c2nc(-c3cccc4[nH]ccc34)ncc21)N(N)C1CC1. The molecule has 5 N–H and O–H groups in total. The summed E-state index contributed by atoms with van der Waals surface area (Å²) in [5, 5.41) is 6.82. The summed E-state index contributed by atoms with van der Waals surface area (Å²) in [6.45, 7) is 3.44. The van der Waals surface area contributed by atoms with Crippen LogP contribution in [0.5, 0.6) is 0 Å². The average molecular weight is 434 g/mol. The van der Waals surface area contributed by atoms with Crippen molar-refractivity contribution in [2.75, 3.05) is 42.6 Å². The number of amidine groups is 1. The third-order valence-corrected chi connectivity index (χ3v) is 6.58. The Hall–Kier alpha value is -3.37. The van der Waals surface area contributed by atoms with Crippen molar-refractivity contribution < 1.29 is 4.74 Å². The van der Waals surface area contributed by atoms with Crippen molar-refractivity contribution in [1.29, 1.82) is 0 Å². The number of aromatic amines is 1. The number of aromatic nitrogens is 3. The molecule has 0 bridgehead atoms. The van der Waals surface area contributed by atoms with Crippen molar-refractivity contribution in [3.8, 4) is 11.4 Å². The Kier molecular flexibility index (Phi) is 4.62. The van der Waals surface area contributed by atoms with E-state index in [1.807, 2.05) is 18.5 Å². The van der Waals surface area contributed by atoms with Crippen molar-refractivity contribution >= 4 is 28.2 Å². The Balaban J connectivity index is 1.40. The summed E-state index contributed by atoms with van der Waals surface area (Å²) in [5.41, 5.74) is 3.06. The third kappa shape index (κ3) is 3.23. The fourth-order valence-electron chi connectivity index (χ4n) is 4.72. The average Bonchev–Trinajstić information content (AvgIpc) is 3.58. The van der Waals surface area contributed by atoms with E-state index in [1.165, 1.54) is 0 Å². The van der Waals surface area contributed by atoms with E-state index in [0.717, 1.165) is 53.9 Å². The quantitative estimate of drug-likeness (QED) is 0.243. The highest BCUT2D eigenvalue weighted by Crippen LogP contribution is 2.37. The molecule has 2 aromatic heterocycles. The zero-order valence-corrected chi connectivity index (χ0v) is 17.8. The molecular formula is C22H27N9O. The van der Waals surface area contributed by atoms with Gasteiger partial charge in [-0.1, -0.05) is 12.1 Å². The first-order chi connectivity index (χ1) is 15.7. The lowest BCUT2D eigenvalue weighted by Crippen LogP contribution is -2.57. The van der Waals surface area contributed by atoms with Crippen molar-refractivity contribution in [1.82, 2.24) is 20.0 Å². The first-order valence-electron chi connectivity index (χ1n) is 11.1. The van der Waals surface area contributed by atoms with Gasteiger partial charge in [-0.15, -0.1) is 0 Å². The minimum absolute atomic E-state index is 0.202. The molecule has 0 spiro atoms. The topological polar surface area (TPSA) is 125 Å². The van der Waals surface area contributed by atoms with Crippen molar-refractivity contribution in [3.63, 3.8) is 0 Å². The minimum atomic E-state index is 0.202. The van der Waals surface area contributed by atoms with Crippen LogP contribution in [0.15, 0.2) is 41.8 Å². The molecule has 1 unspecified atom stereocenters. The van der Waals surface area contributed by atoms with Gasteiger partial charge in [0.25, 0.3) is 0 Å². The van der Waals surface area contributed by atoms with Gasteiger partial charge in [0.05, 0.1) is 37.7 Å². The van der Waals surface area contributed by atoms with Gasteiger partial charge >= 0.3 is 0 Å². The van der Waals surface area contributed by atoms with Crippen LogP contribution in [0.25, 0.3) is 22.3 Å². The summed E-state index contributed by atoms with van der Waals surface area (Å²) < 4.78 is 5.79. The Morgan fingerprint density at radius 2 is 2.22 bits per heavy atom. The molecule has 2 aliphatic heterocycles. The smallest absolute Gasteiger partial charge is 0.162 e. The van der Waals surface area contributed by atoms with Gasteiger partial charge in [0, 0.05) is 41.8 Å². The van der Waals surface area contributed by atoms with Gasteiger partial charge in [0.2, 0.25) is 0 Å². The molecule has 166 valence electrons. The molecule has 1 saturated heterocycles. The molecule has 1 aromatic carbocycles. The molecule has 32 heavy (non-hydrogen) atoms.